The monoisotopic (exact) mass is 126 g/mol. The van der Waals surface area contributed by atoms with E-state index in [1.165, 1.54) is 0 Å². The molecule has 50 valence electrons. The van der Waals surface area contributed by atoms with Gasteiger partial charge in [0.25, 0.3) is 0 Å². The molecule has 0 bridgehead atoms. The van der Waals surface area contributed by atoms with Gasteiger partial charge in [-0.05, 0) is 12.3 Å². The summed E-state index contributed by atoms with van der Waals surface area (Å²) in [6, 6.07) is 0. The van der Waals surface area contributed by atoms with E-state index in [0.717, 1.165) is 6.42 Å². The maximum Gasteiger partial charge on any atom is 0.233 e. The average Bonchev–Trinajstić information content (AvgIpc) is 1.87. The Bertz CT molecular complexity index is 132. The topological polar surface area (TPSA) is 37.3 Å². The SMILES string of the molecule is C#CC(=O)C(O)CCC. The Morgan fingerprint density at radius 2 is 2.44 bits per heavy atom. The Kier molecular flexibility index (Phi) is 3.74. The Balaban J connectivity index is 3.62. The lowest BCUT2D eigenvalue weighted by atomic mass is 10.1. The molecule has 2 heteroatoms. The lowest BCUT2D eigenvalue weighted by Crippen LogP contribution is -2.17. The van der Waals surface area contributed by atoms with Crippen molar-refractivity contribution in [1.29, 1.82) is 0 Å². The van der Waals surface area contributed by atoms with Gasteiger partial charge in [-0.1, -0.05) is 13.3 Å². The zero-order valence-corrected chi connectivity index (χ0v) is 5.42. The number of aliphatic hydroxyl groups is 1. The van der Waals surface area contributed by atoms with E-state index >= 15 is 0 Å². The maximum atomic E-state index is 10.4. The van der Waals surface area contributed by atoms with E-state index in [4.69, 9.17) is 11.5 Å². The minimum atomic E-state index is -0.944. The summed E-state index contributed by atoms with van der Waals surface area (Å²) < 4.78 is 0. The van der Waals surface area contributed by atoms with Gasteiger partial charge in [0.05, 0.1) is 0 Å². The highest BCUT2D eigenvalue weighted by Crippen LogP contribution is 1.95. The normalized spacial score (nSPS) is 12.1. The van der Waals surface area contributed by atoms with Crippen molar-refractivity contribution >= 4 is 5.78 Å². The zero-order chi connectivity index (χ0) is 7.28. The second kappa shape index (κ2) is 4.11. The minimum Gasteiger partial charge on any atom is -0.384 e. The first-order valence-corrected chi connectivity index (χ1v) is 2.91. The van der Waals surface area contributed by atoms with Gasteiger partial charge in [-0.25, -0.2) is 0 Å². The molecule has 0 aliphatic heterocycles. The van der Waals surface area contributed by atoms with Gasteiger partial charge in [0.2, 0.25) is 5.78 Å². The summed E-state index contributed by atoms with van der Waals surface area (Å²) in [4.78, 5) is 10.4. The second-order valence-electron chi connectivity index (χ2n) is 1.81. The highest BCUT2D eigenvalue weighted by Gasteiger charge is 2.09. The van der Waals surface area contributed by atoms with Gasteiger partial charge in [0.15, 0.2) is 0 Å². The fraction of sp³-hybridized carbons (Fsp3) is 0.571. The van der Waals surface area contributed by atoms with E-state index in [1.807, 2.05) is 12.8 Å². The third-order valence-corrected chi connectivity index (χ3v) is 1.01. The van der Waals surface area contributed by atoms with Gasteiger partial charge in [-0.3, -0.25) is 4.79 Å². The Morgan fingerprint density at radius 3 is 2.78 bits per heavy atom. The summed E-state index contributed by atoms with van der Waals surface area (Å²) in [5, 5.41) is 8.83. The van der Waals surface area contributed by atoms with Crippen molar-refractivity contribution in [2.45, 2.75) is 25.9 Å². The van der Waals surface area contributed by atoms with Crippen LogP contribution in [0.2, 0.25) is 0 Å². The summed E-state index contributed by atoms with van der Waals surface area (Å²) in [6.45, 7) is 1.88. The van der Waals surface area contributed by atoms with Crippen molar-refractivity contribution in [3.8, 4) is 12.3 Å². The van der Waals surface area contributed by atoms with Crippen molar-refractivity contribution in [2.75, 3.05) is 0 Å². The number of carbonyl (C=O) groups is 1. The summed E-state index contributed by atoms with van der Waals surface area (Å²) in [5.41, 5.74) is 0. The highest BCUT2D eigenvalue weighted by atomic mass is 16.3. The molecule has 0 aromatic rings. The first-order valence-electron chi connectivity index (χ1n) is 2.91. The molecule has 0 fully saturated rings. The van der Waals surface area contributed by atoms with E-state index in [-0.39, 0.29) is 0 Å². The molecule has 0 aliphatic carbocycles. The molecule has 0 aliphatic rings. The lowest BCUT2D eigenvalue weighted by molar-refractivity contribution is -0.121. The number of rotatable bonds is 3. The molecular formula is C7H10O2. The van der Waals surface area contributed by atoms with Crippen LogP contribution < -0.4 is 0 Å². The summed E-state index contributed by atoms with van der Waals surface area (Å²) in [6.07, 6.45) is 5.03. The van der Waals surface area contributed by atoms with Gasteiger partial charge in [0.1, 0.15) is 6.10 Å². The van der Waals surface area contributed by atoms with E-state index in [1.54, 1.807) is 0 Å². The van der Waals surface area contributed by atoms with E-state index in [2.05, 4.69) is 0 Å². The predicted octanol–water partition coefficient (Wildman–Crippen LogP) is 0.350. The largest absolute Gasteiger partial charge is 0.384 e. The molecule has 0 aromatic carbocycles. The van der Waals surface area contributed by atoms with Gasteiger partial charge in [0, 0.05) is 0 Å². The summed E-state index contributed by atoms with van der Waals surface area (Å²) >= 11 is 0. The van der Waals surface area contributed by atoms with Crippen molar-refractivity contribution in [1.82, 2.24) is 0 Å². The average molecular weight is 126 g/mol. The molecule has 0 rings (SSSR count). The Hall–Kier alpha value is -0.810. The van der Waals surface area contributed by atoms with E-state index in [0.29, 0.717) is 6.42 Å². The van der Waals surface area contributed by atoms with Crippen LogP contribution in [0.3, 0.4) is 0 Å². The molecule has 1 N–H and O–H groups in total. The minimum absolute atomic E-state index is 0.461. The van der Waals surface area contributed by atoms with Crippen LogP contribution in [0, 0.1) is 12.3 Å². The first kappa shape index (κ1) is 8.19. The van der Waals surface area contributed by atoms with E-state index in [9.17, 15) is 4.79 Å². The van der Waals surface area contributed by atoms with Crippen LogP contribution >= 0.6 is 0 Å². The fourth-order valence-electron chi connectivity index (χ4n) is 0.501. The van der Waals surface area contributed by atoms with Crippen LogP contribution in [0.5, 0.6) is 0 Å². The van der Waals surface area contributed by atoms with Crippen LogP contribution in [0.1, 0.15) is 19.8 Å². The molecule has 0 radical (unpaired) electrons. The Morgan fingerprint density at radius 1 is 1.89 bits per heavy atom. The van der Waals surface area contributed by atoms with Crippen LogP contribution in [-0.2, 0) is 4.79 Å². The standard InChI is InChI=1S/C7H10O2/c1-3-5-7(9)6(8)4-2/h2,7,9H,3,5H2,1H3. The molecule has 0 amide bonds. The Labute approximate surface area is 54.9 Å². The molecule has 0 saturated carbocycles. The quantitative estimate of drug-likeness (QED) is 0.437. The second-order valence-corrected chi connectivity index (χ2v) is 1.81. The molecule has 1 unspecified atom stereocenters. The molecular weight excluding hydrogens is 116 g/mol. The first-order chi connectivity index (χ1) is 4.22. The van der Waals surface area contributed by atoms with Crippen LogP contribution in [0.15, 0.2) is 0 Å². The van der Waals surface area contributed by atoms with Crippen molar-refractivity contribution < 1.29 is 9.90 Å². The zero-order valence-electron chi connectivity index (χ0n) is 5.42. The van der Waals surface area contributed by atoms with Gasteiger partial charge in [-0.2, -0.15) is 0 Å². The molecule has 0 saturated heterocycles. The highest BCUT2D eigenvalue weighted by molar-refractivity contribution is 5.98. The maximum absolute atomic E-state index is 10.4. The van der Waals surface area contributed by atoms with Crippen molar-refractivity contribution in [2.24, 2.45) is 0 Å². The summed E-state index contributed by atoms with van der Waals surface area (Å²) in [7, 11) is 0. The number of Topliss-reactive ketones (excluding diaryl/α,β-unsaturated/α-hetero) is 1. The smallest absolute Gasteiger partial charge is 0.233 e. The number of hydrogen-bond donors (Lipinski definition) is 1. The fourth-order valence-corrected chi connectivity index (χ4v) is 0.501. The van der Waals surface area contributed by atoms with E-state index < -0.39 is 11.9 Å². The number of aliphatic hydroxyl groups excluding tert-OH is 1. The third kappa shape index (κ3) is 2.89. The summed E-state index contributed by atoms with van der Waals surface area (Å²) in [5.74, 6) is 1.34. The molecule has 0 heterocycles. The van der Waals surface area contributed by atoms with Gasteiger partial charge >= 0.3 is 0 Å². The third-order valence-electron chi connectivity index (χ3n) is 1.01. The lowest BCUT2D eigenvalue weighted by Gasteiger charge is -2.00. The molecule has 9 heavy (non-hydrogen) atoms. The number of hydrogen-bond acceptors (Lipinski definition) is 2. The molecule has 0 aromatic heterocycles. The predicted molar refractivity (Wildman–Crippen MR) is 34.8 cm³/mol. The van der Waals surface area contributed by atoms with Crippen LogP contribution in [0.4, 0.5) is 0 Å². The van der Waals surface area contributed by atoms with Crippen LogP contribution in [-0.4, -0.2) is 17.0 Å². The van der Waals surface area contributed by atoms with Gasteiger partial charge in [-0.15, -0.1) is 6.42 Å². The van der Waals surface area contributed by atoms with Gasteiger partial charge < -0.3 is 5.11 Å². The van der Waals surface area contributed by atoms with Crippen molar-refractivity contribution in [3.05, 3.63) is 0 Å². The molecule has 0 spiro atoms. The molecule has 2 nitrogen and oxygen atoms in total. The molecule has 1 atom stereocenters. The van der Waals surface area contributed by atoms with Crippen molar-refractivity contribution in [3.63, 3.8) is 0 Å². The van der Waals surface area contributed by atoms with Crippen LogP contribution in [0.25, 0.3) is 0 Å². The number of carbonyl (C=O) groups excluding carboxylic acids is 1. The number of terminal acetylenes is 1. The number of ketones is 1.